The summed E-state index contributed by atoms with van der Waals surface area (Å²) in [5.41, 5.74) is 0.177. The van der Waals surface area contributed by atoms with Crippen molar-refractivity contribution < 1.29 is 17.2 Å². The van der Waals surface area contributed by atoms with Crippen molar-refractivity contribution in [3.05, 3.63) is 29.8 Å². The van der Waals surface area contributed by atoms with E-state index >= 15 is 0 Å². The van der Waals surface area contributed by atoms with Crippen molar-refractivity contribution in [3.8, 4) is 0 Å². The highest BCUT2D eigenvalue weighted by Gasteiger charge is 2.14. The van der Waals surface area contributed by atoms with Gasteiger partial charge in [0.25, 0.3) is 9.05 Å². The van der Waals surface area contributed by atoms with E-state index in [1.165, 1.54) is 18.2 Å². The van der Waals surface area contributed by atoms with Gasteiger partial charge in [0.05, 0.1) is 4.90 Å². The second-order valence-corrected chi connectivity index (χ2v) is 5.92. The Hall–Kier alpha value is -0.430. The van der Waals surface area contributed by atoms with Gasteiger partial charge in [0.15, 0.2) is 0 Å². The van der Waals surface area contributed by atoms with Gasteiger partial charge in [0.2, 0.25) is 0 Å². The zero-order valence-electron chi connectivity index (χ0n) is 6.84. The largest absolute Gasteiger partial charge is 0.772 e. The fourth-order valence-electron chi connectivity index (χ4n) is 0.988. The van der Waals surface area contributed by atoms with E-state index in [1.54, 1.807) is 6.07 Å². The molecular formula is C7H6ClO4S2-. The van der Waals surface area contributed by atoms with Crippen molar-refractivity contribution in [2.45, 2.75) is 10.6 Å². The van der Waals surface area contributed by atoms with E-state index in [4.69, 9.17) is 10.7 Å². The van der Waals surface area contributed by atoms with Crippen LogP contribution in [-0.4, -0.2) is 17.2 Å². The van der Waals surface area contributed by atoms with Crippen molar-refractivity contribution in [3.63, 3.8) is 0 Å². The Morgan fingerprint density at radius 3 is 2.43 bits per heavy atom. The van der Waals surface area contributed by atoms with Gasteiger partial charge in [-0.25, -0.2) is 8.42 Å². The minimum absolute atomic E-state index is 0.161. The monoisotopic (exact) mass is 253 g/mol. The minimum atomic E-state index is -3.88. The van der Waals surface area contributed by atoms with E-state index in [2.05, 4.69) is 0 Å². The summed E-state index contributed by atoms with van der Waals surface area (Å²) >= 11 is -2.33. The Morgan fingerprint density at radius 2 is 1.93 bits per heavy atom. The normalized spacial score (nSPS) is 13.9. The second-order valence-electron chi connectivity index (χ2n) is 2.49. The predicted molar refractivity (Wildman–Crippen MR) is 52.1 cm³/mol. The smallest absolute Gasteiger partial charge is 0.261 e. The summed E-state index contributed by atoms with van der Waals surface area (Å²) in [4.78, 5) is -0.161. The molecule has 0 bridgehead atoms. The molecule has 1 atom stereocenters. The van der Waals surface area contributed by atoms with Gasteiger partial charge in [-0.3, -0.25) is 4.21 Å². The van der Waals surface area contributed by atoms with Crippen molar-refractivity contribution in [2.24, 2.45) is 0 Å². The fraction of sp³-hybridized carbons (Fsp3) is 0.143. The second kappa shape index (κ2) is 4.39. The Labute approximate surface area is 88.6 Å². The number of hydrogen-bond acceptors (Lipinski definition) is 4. The van der Waals surface area contributed by atoms with Gasteiger partial charge in [-0.15, -0.1) is 0 Å². The van der Waals surface area contributed by atoms with Crippen LogP contribution < -0.4 is 0 Å². The maximum Gasteiger partial charge on any atom is 0.261 e. The molecule has 0 aliphatic heterocycles. The summed E-state index contributed by atoms with van der Waals surface area (Å²) in [6, 6.07) is 5.70. The SMILES string of the molecule is O=S([O-])Cc1ccccc1S(=O)(=O)Cl. The Kier molecular flexibility index (Phi) is 3.65. The highest BCUT2D eigenvalue weighted by molar-refractivity contribution is 8.13. The van der Waals surface area contributed by atoms with Crippen LogP contribution in [-0.2, 0) is 25.9 Å². The van der Waals surface area contributed by atoms with E-state index < -0.39 is 20.1 Å². The molecule has 0 aliphatic carbocycles. The molecule has 1 aromatic rings. The zero-order chi connectivity index (χ0) is 10.8. The molecule has 78 valence electrons. The van der Waals surface area contributed by atoms with E-state index in [9.17, 15) is 17.2 Å². The molecule has 7 heteroatoms. The van der Waals surface area contributed by atoms with Gasteiger partial charge in [-0.2, -0.15) is 0 Å². The molecule has 1 unspecified atom stereocenters. The van der Waals surface area contributed by atoms with Crippen LogP contribution in [0.25, 0.3) is 0 Å². The third kappa shape index (κ3) is 3.06. The highest BCUT2D eigenvalue weighted by Crippen LogP contribution is 2.20. The third-order valence-electron chi connectivity index (χ3n) is 1.51. The minimum Gasteiger partial charge on any atom is -0.772 e. The molecule has 0 aliphatic rings. The van der Waals surface area contributed by atoms with Crippen LogP contribution in [0.2, 0.25) is 0 Å². The number of hydrogen-bond donors (Lipinski definition) is 0. The molecule has 0 amide bonds. The first kappa shape index (κ1) is 11.6. The van der Waals surface area contributed by atoms with E-state index in [1.807, 2.05) is 0 Å². The number of rotatable bonds is 3. The summed E-state index contributed by atoms with van der Waals surface area (Å²) in [6.07, 6.45) is 0. The van der Waals surface area contributed by atoms with Crippen LogP contribution in [0, 0.1) is 0 Å². The maximum absolute atomic E-state index is 11.0. The quantitative estimate of drug-likeness (QED) is 0.595. The maximum atomic E-state index is 11.0. The summed E-state index contributed by atoms with van der Waals surface area (Å²) in [7, 11) is 1.24. The fourth-order valence-corrected chi connectivity index (χ4v) is 2.73. The first-order valence-corrected chi connectivity index (χ1v) is 7.05. The van der Waals surface area contributed by atoms with Gasteiger partial charge in [-0.1, -0.05) is 29.3 Å². The summed E-state index contributed by atoms with van der Waals surface area (Å²) in [6.45, 7) is 0. The number of benzene rings is 1. The first-order chi connectivity index (χ1) is 6.41. The van der Waals surface area contributed by atoms with E-state index in [0.717, 1.165) is 0 Å². The van der Waals surface area contributed by atoms with Crippen LogP contribution in [0.15, 0.2) is 29.2 Å². The molecule has 0 fully saturated rings. The van der Waals surface area contributed by atoms with Gasteiger partial charge >= 0.3 is 0 Å². The van der Waals surface area contributed by atoms with Crippen molar-refractivity contribution in [2.75, 3.05) is 0 Å². The molecular weight excluding hydrogens is 248 g/mol. The van der Waals surface area contributed by atoms with Crippen molar-refractivity contribution in [1.29, 1.82) is 0 Å². The molecule has 1 rings (SSSR count). The van der Waals surface area contributed by atoms with E-state index in [0.29, 0.717) is 0 Å². The predicted octanol–water partition coefficient (Wildman–Crippen LogP) is 0.993. The lowest BCUT2D eigenvalue weighted by Crippen LogP contribution is -2.01. The van der Waals surface area contributed by atoms with Gasteiger partial charge in [-0.05, 0) is 11.6 Å². The lowest BCUT2D eigenvalue weighted by molar-refractivity contribution is 0.536. The Morgan fingerprint density at radius 1 is 1.36 bits per heavy atom. The number of halogens is 1. The standard InChI is InChI=1S/C7H7ClO4S2/c8-14(11,12)7-4-2-1-3-6(7)5-13(9)10/h1-4H,5H2,(H,9,10)/p-1. The van der Waals surface area contributed by atoms with Gasteiger partial charge in [0.1, 0.15) is 0 Å². The zero-order valence-corrected chi connectivity index (χ0v) is 9.23. The topological polar surface area (TPSA) is 74.3 Å². The highest BCUT2D eigenvalue weighted by atomic mass is 35.7. The Bertz CT molecular complexity index is 455. The molecule has 0 radical (unpaired) electrons. The van der Waals surface area contributed by atoms with Gasteiger partial charge in [0, 0.05) is 16.4 Å². The molecule has 0 aromatic heterocycles. The van der Waals surface area contributed by atoms with Crippen molar-refractivity contribution >= 4 is 30.8 Å². The van der Waals surface area contributed by atoms with Crippen LogP contribution >= 0.6 is 10.7 Å². The lowest BCUT2D eigenvalue weighted by atomic mass is 10.2. The van der Waals surface area contributed by atoms with E-state index in [-0.39, 0.29) is 16.2 Å². The third-order valence-corrected chi connectivity index (χ3v) is 3.48. The summed E-state index contributed by atoms with van der Waals surface area (Å²) < 4.78 is 42.8. The molecule has 0 saturated carbocycles. The molecule has 1 aromatic carbocycles. The molecule has 0 heterocycles. The lowest BCUT2D eigenvalue weighted by Gasteiger charge is -2.08. The summed E-state index contributed by atoms with van der Waals surface area (Å²) in [5, 5.41) is 0. The van der Waals surface area contributed by atoms with Crippen molar-refractivity contribution in [1.82, 2.24) is 0 Å². The summed E-state index contributed by atoms with van der Waals surface area (Å²) in [5.74, 6) is -0.359. The first-order valence-electron chi connectivity index (χ1n) is 3.49. The average molecular weight is 254 g/mol. The van der Waals surface area contributed by atoms with Crippen LogP contribution in [0.4, 0.5) is 0 Å². The molecule has 0 N–H and O–H groups in total. The Balaban J connectivity index is 3.23. The molecule has 14 heavy (non-hydrogen) atoms. The average Bonchev–Trinajstić information content (AvgIpc) is 2.01. The van der Waals surface area contributed by atoms with Crippen LogP contribution in [0.1, 0.15) is 5.56 Å². The molecule has 0 spiro atoms. The van der Waals surface area contributed by atoms with Crippen LogP contribution in [0.3, 0.4) is 0 Å². The van der Waals surface area contributed by atoms with Crippen LogP contribution in [0.5, 0.6) is 0 Å². The molecule has 4 nitrogen and oxygen atoms in total. The molecule has 0 saturated heterocycles. The van der Waals surface area contributed by atoms with Gasteiger partial charge < -0.3 is 4.55 Å².